The Balaban J connectivity index is 0.000000245. The molecule has 8 fully saturated rings. The maximum absolute atomic E-state index is 14.0. The monoisotopic (exact) mass is 1210 g/mol. The molecule has 21 heteroatoms. The van der Waals surface area contributed by atoms with Crippen molar-refractivity contribution in [1.29, 1.82) is 0 Å². The number of alkyl halides is 5. The second kappa shape index (κ2) is 23.9. The summed E-state index contributed by atoms with van der Waals surface area (Å²) in [6, 6.07) is 0. The summed E-state index contributed by atoms with van der Waals surface area (Å²) in [4.78, 5) is 59.8. The quantitative estimate of drug-likeness (QED) is 0.0548. The SMILES string of the molecule is CCC(C)(C)C(=O)OC1(C)COC(O)(C(F)(F)F)C1(F)F.CCC(C)(C)C(=O)OC12CC3CC(C(C)(C)O)(C1)CC(C(C)(C)O)(C3)C2.CCC(C)(C)C(=O)OC1CCOC1=O.CCC(C)(C)C(=O)O[C@H]1C[C@H]2C[C@@H]1[C@H](C(C)(C)O)[C@@H]2C(C)(C)O. The Morgan fingerprint density at radius 1 is 0.595 bits per heavy atom. The molecular formula is C63H105F5O16. The van der Waals surface area contributed by atoms with Crippen LogP contribution in [-0.4, -0.2) is 132 Å². The Morgan fingerprint density at radius 3 is 1.38 bits per heavy atom. The molecule has 0 amide bonds. The summed E-state index contributed by atoms with van der Waals surface area (Å²) in [5.74, 6) is -10.9. The summed E-state index contributed by atoms with van der Waals surface area (Å²) < 4.78 is 96.3. The van der Waals surface area contributed by atoms with Gasteiger partial charge in [0.25, 0.3) is 0 Å². The number of fused-ring (bicyclic) bond motifs is 2. The van der Waals surface area contributed by atoms with E-state index in [9.17, 15) is 71.5 Å². The number of carbonyl (C=O) groups is 5. The zero-order valence-electron chi connectivity index (χ0n) is 54.3. The molecule has 2 heterocycles. The third kappa shape index (κ3) is 14.4. The van der Waals surface area contributed by atoms with Crippen molar-refractivity contribution in [2.45, 2.75) is 293 Å². The molecule has 6 aliphatic carbocycles. The van der Waals surface area contributed by atoms with Crippen LogP contribution in [0.2, 0.25) is 0 Å². The van der Waals surface area contributed by atoms with E-state index in [0.29, 0.717) is 51.0 Å². The molecule has 5 N–H and O–H groups in total. The van der Waals surface area contributed by atoms with E-state index in [-0.39, 0.29) is 59.0 Å². The molecule has 6 bridgehead atoms. The number of esters is 5. The molecule has 8 aliphatic rings. The summed E-state index contributed by atoms with van der Waals surface area (Å²) in [7, 11) is 0. The molecule has 0 radical (unpaired) electrons. The van der Waals surface area contributed by atoms with E-state index in [1.165, 1.54) is 13.8 Å². The van der Waals surface area contributed by atoms with Crippen LogP contribution in [0.3, 0.4) is 0 Å². The molecule has 0 aromatic carbocycles. The van der Waals surface area contributed by atoms with Gasteiger partial charge in [0.05, 0.1) is 57.3 Å². The highest BCUT2D eigenvalue weighted by Crippen LogP contribution is 2.73. The van der Waals surface area contributed by atoms with Gasteiger partial charge in [-0.25, -0.2) is 4.79 Å². The van der Waals surface area contributed by atoms with Gasteiger partial charge in [0.2, 0.25) is 11.7 Å². The molecule has 2 saturated heterocycles. The largest absolute Gasteiger partial charge is 0.463 e. The molecule has 6 saturated carbocycles. The highest BCUT2D eigenvalue weighted by molar-refractivity contribution is 5.83. The van der Waals surface area contributed by atoms with E-state index in [0.717, 1.165) is 51.4 Å². The second-order valence-corrected chi connectivity index (χ2v) is 30.9. The van der Waals surface area contributed by atoms with Crippen LogP contribution in [0.1, 0.15) is 229 Å². The maximum atomic E-state index is 14.0. The number of cyclic esters (lactones) is 1. The van der Waals surface area contributed by atoms with Crippen molar-refractivity contribution in [2.24, 2.45) is 62.1 Å². The minimum Gasteiger partial charge on any atom is -0.463 e. The molecule has 0 aromatic heterocycles. The lowest BCUT2D eigenvalue weighted by atomic mass is 9.37. The van der Waals surface area contributed by atoms with Crippen LogP contribution in [0, 0.1) is 62.1 Å². The lowest BCUT2D eigenvalue weighted by molar-refractivity contribution is -0.409. The minimum absolute atomic E-state index is 0.0432. The highest BCUT2D eigenvalue weighted by Gasteiger charge is 2.83. The zero-order valence-corrected chi connectivity index (χ0v) is 54.3. The molecule has 5 unspecified atom stereocenters. The minimum atomic E-state index is -5.74. The van der Waals surface area contributed by atoms with E-state index in [4.69, 9.17) is 18.9 Å². The first-order valence-electron chi connectivity index (χ1n) is 30.3. The summed E-state index contributed by atoms with van der Waals surface area (Å²) in [6.45, 7) is 36.2. The van der Waals surface area contributed by atoms with E-state index in [1.807, 2.05) is 104 Å². The van der Waals surface area contributed by atoms with Gasteiger partial charge in [-0.05, 0) is 218 Å². The van der Waals surface area contributed by atoms with E-state index < -0.39 is 97.8 Å². The first-order valence-corrected chi connectivity index (χ1v) is 30.3. The van der Waals surface area contributed by atoms with Crippen molar-refractivity contribution in [2.75, 3.05) is 13.2 Å². The molecule has 2 aliphatic heterocycles. The van der Waals surface area contributed by atoms with E-state index >= 15 is 0 Å². The molecule has 0 aromatic rings. The topological polar surface area (TPSA) is 242 Å². The number of halogens is 5. The summed E-state index contributed by atoms with van der Waals surface area (Å²) in [5, 5.41) is 52.6. The van der Waals surface area contributed by atoms with Crippen LogP contribution in [-0.2, 0) is 52.4 Å². The number of rotatable bonds is 16. The van der Waals surface area contributed by atoms with Crippen LogP contribution >= 0.6 is 0 Å². The highest BCUT2D eigenvalue weighted by atomic mass is 19.4. The summed E-state index contributed by atoms with van der Waals surface area (Å²) in [6.07, 6.45) is 3.08. The van der Waals surface area contributed by atoms with Gasteiger partial charge in [-0.15, -0.1) is 0 Å². The van der Waals surface area contributed by atoms with Gasteiger partial charge in [-0.3, -0.25) is 19.2 Å². The van der Waals surface area contributed by atoms with Crippen molar-refractivity contribution in [3.63, 3.8) is 0 Å². The summed E-state index contributed by atoms with van der Waals surface area (Å²) >= 11 is 0. The van der Waals surface area contributed by atoms with E-state index in [1.54, 1.807) is 20.8 Å². The Hall–Kier alpha value is -3.24. The molecule has 8 rings (SSSR count). The van der Waals surface area contributed by atoms with Crippen LogP contribution in [0.4, 0.5) is 22.0 Å². The van der Waals surface area contributed by atoms with Gasteiger partial charge < -0.3 is 54.0 Å². The molecule has 0 spiro atoms. The first kappa shape index (κ1) is 73.2. The van der Waals surface area contributed by atoms with Crippen LogP contribution < -0.4 is 0 Å². The fourth-order valence-electron chi connectivity index (χ4n) is 13.8. The van der Waals surface area contributed by atoms with Gasteiger partial charge in [0, 0.05) is 23.2 Å². The Bertz CT molecular complexity index is 2340. The number of aliphatic hydroxyl groups is 5. The average molecular weight is 1210 g/mol. The maximum Gasteiger partial charge on any atom is 0.449 e. The molecule has 84 heavy (non-hydrogen) atoms. The Labute approximate surface area is 496 Å². The lowest BCUT2D eigenvalue weighted by Crippen LogP contribution is -2.70. The van der Waals surface area contributed by atoms with Crippen molar-refractivity contribution in [3.8, 4) is 0 Å². The number of hydrogen-bond donors (Lipinski definition) is 5. The number of hydrogen-bond acceptors (Lipinski definition) is 16. The van der Waals surface area contributed by atoms with Gasteiger partial charge in [0.15, 0.2) is 0 Å². The van der Waals surface area contributed by atoms with Crippen LogP contribution in [0.25, 0.3) is 0 Å². The predicted octanol–water partition coefficient (Wildman–Crippen LogP) is 11.3. The van der Waals surface area contributed by atoms with Gasteiger partial charge >= 0.3 is 47.7 Å². The third-order valence-electron chi connectivity index (χ3n) is 21.0. The van der Waals surface area contributed by atoms with Crippen molar-refractivity contribution in [3.05, 3.63) is 0 Å². The third-order valence-corrected chi connectivity index (χ3v) is 21.0. The van der Waals surface area contributed by atoms with Gasteiger partial charge in [-0.2, -0.15) is 22.0 Å². The zero-order chi connectivity index (χ0) is 65.3. The summed E-state index contributed by atoms with van der Waals surface area (Å²) in [5.41, 5.74) is -10.2. The fraction of sp³-hybridized carbons (Fsp3) is 0.921. The second-order valence-electron chi connectivity index (χ2n) is 30.9. The Morgan fingerprint density at radius 2 is 1.01 bits per heavy atom. The number of ether oxygens (including phenoxy) is 6. The van der Waals surface area contributed by atoms with E-state index in [2.05, 4.69) is 9.47 Å². The van der Waals surface area contributed by atoms with Gasteiger partial charge in [0.1, 0.15) is 11.7 Å². The molecular weight excluding hydrogens is 1110 g/mol. The fourth-order valence-corrected chi connectivity index (χ4v) is 13.8. The molecule has 10 atom stereocenters. The average Bonchev–Trinajstić information content (AvgIpc) is 1.03. The van der Waals surface area contributed by atoms with Crippen LogP contribution in [0.5, 0.6) is 0 Å². The smallest absolute Gasteiger partial charge is 0.449 e. The molecule has 488 valence electrons. The Kier molecular flexibility index (Phi) is 20.9. The van der Waals surface area contributed by atoms with Crippen LogP contribution in [0.15, 0.2) is 0 Å². The normalized spacial score (nSPS) is 33.8. The predicted molar refractivity (Wildman–Crippen MR) is 301 cm³/mol. The van der Waals surface area contributed by atoms with Gasteiger partial charge in [-0.1, -0.05) is 27.7 Å². The standard InChI is InChI=1S/C22H38O4.C19H34O4.C12H17F5O4.C10H16O4/c1-8-17(2,3)16(23)26-22-11-15-9-20(13-22,18(4,5)24)12-21(10-15,14-22)19(6,7)25;1-8-17(2,3)16(20)23-13-10-11-9-12(13)15(19(6,7)22)14(11)18(4,5)21;1-5-8(2,3)7(18)21-9(4)6-20-11(19,10(9,13)14)12(15,16)17;1-4-10(2,3)9(12)14-7-5-6-13-8(7)11/h15,24-25H,8-14H2,1-7H3;11-15,21-22H,8-10H2,1-7H3;19H,5-6H2,1-4H3;7H,4-6H2,1-3H3/t;11-,12+,13+,14-,15+;;/m.1../s1. The lowest BCUT2D eigenvalue weighted by Gasteiger charge is -2.70. The van der Waals surface area contributed by atoms with Crippen molar-refractivity contribution < 1.29 is 99.9 Å². The number of carbonyl (C=O) groups excluding carboxylic acids is 5. The van der Waals surface area contributed by atoms with Crippen molar-refractivity contribution >= 4 is 29.8 Å². The van der Waals surface area contributed by atoms with Crippen molar-refractivity contribution in [1.82, 2.24) is 0 Å². The molecule has 16 nitrogen and oxygen atoms in total. The first-order chi connectivity index (χ1) is 37.5.